The average Bonchev–Trinajstić information content (AvgIpc) is 3.11. The Hall–Kier alpha value is -1.25. The summed E-state index contributed by atoms with van der Waals surface area (Å²) in [5.41, 5.74) is 7.68. The maximum absolute atomic E-state index is 12.9. The van der Waals surface area contributed by atoms with Crippen molar-refractivity contribution in [2.24, 2.45) is 11.3 Å². The minimum absolute atomic E-state index is 0.272. The zero-order valence-electron chi connectivity index (χ0n) is 9.30. The normalized spacial score (nSPS) is 21.8. The van der Waals surface area contributed by atoms with E-state index in [4.69, 9.17) is 5.73 Å². The second-order valence-corrected chi connectivity index (χ2v) is 5.22. The number of rotatable bonds is 4. The summed E-state index contributed by atoms with van der Waals surface area (Å²) >= 11 is 0. The number of benzene rings is 1. The molecule has 0 aromatic heterocycles. The van der Waals surface area contributed by atoms with Crippen molar-refractivity contribution in [3.63, 3.8) is 0 Å². The monoisotopic (exact) mass is 220 g/mol. The van der Waals surface area contributed by atoms with E-state index in [-0.39, 0.29) is 5.82 Å². The molecule has 0 unspecified atom stereocenters. The van der Waals surface area contributed by atoms with Gasteiger partial charge < -0.3 is 11.1 Å². The number of nitrogen functional groups attached to an aromatic ring is 1. The van der Waals surface area contributed by atoms with Gasteiger partial charge in [0.2, 0.25) is 0 Å². The van der Waals surface area contributed by atoms with E-state index in [1.807, 2.05) is 0 Å². The molecule has 2 saturated carbocycles. The van der Waals surface area contributed by atoms with Gasteiger partial charge in [0.05, 0.1) is 11.4 Å². The van der Waals surface area contributed by atoms with E-state index < -0.39 is 0 Å². The van der Waals surface area contributed by atoms with Gasteiger partial charge in [-0.3, -0.25) is 0 Å². The summed E-state index contributed by atoms with van der Waals surface area (Å²) in [4.78, 5) is 0. The van der Waals surface area contributed by atoms with Gasteiger partial charge in [-0.2, -0.15) is 0 Å². The number of halogens is 1. The van der Waals surface area contributed by atoms with Crippen molar-refractivity contribution in [3.8, 4) is 0 Å². The van der Waals surface area contributed by atoms with Gasteiger partial charge >= 0.3 is 0 Å². The molecule has 0 amide bonds. The molecule has 1 aromatic rings. The van der Waals surface area contributed by atoms with Crippen molar-refractivity contribution in [2.45, 2.75) is 25.7 Å². The molecular weight excluding hydrogens is 203 g/mol. The van der Waals surface area contributed by atoms with Crippen LogP contribution in [0.15, 0.2) is 18.2 Å². The van der Waals surface area contributed by atoms with E-state index in [0.29, 0.717) is 11.1 Å². The molecule has 0 atom stereocenters. The van der Waals surface area contributed by atoms with Crippen LogP contribution in [0.3, 0.4) is 0 Å². The van der Waals surface area contributed by atoms with Gasteiger partial charge in [-0.05, 0) is 55.2 Å². The molecule has 2 aliphatic carbocycles. The predicted molar refractivity (Wildman–Crippen MR) is 63.7 cm³/mol. The molecule has 0 radical (unpaired) electrons. The van der Waals surface area contributed by atoms with Crippen molar-refractivity contribution < 1.29 is 4.39 Å². The SMILES string of the molecule is Nc1cc(F)ccc1NCC1(C2CC2)CC1. The van der Waals surface area contributed by atoms with E-state index in [9.17, 15) is 4.39 Å². The van der Waals surface area contributed by atoms with Gasteiger partial charge in [0.15, 0.2) is 0 Å². The zero-order valence-corrected chi connectivity index (χ0v) is 9.30. The second kappa shape index (κ2) is 3.37. The highest BCUT2D eigenvalue weighted by Gasteiger charge is 2.53. The molecular formula is C13H17FN2. The summed E-state index contributed by atoms with van der Waals surface area (Å²) in [6.07, 6.45) is 5.46. The van der Waals surface area contributed by atoms with Gasteiger partial charge in [0.1, 0.15) is 5.82 Å². The van der Waals surface area contributed by atoms with Gasteiger partial charge in [0.25, 0.3) is 0 Å². The highest BCUT2D eigenvalue weighted by Crippen LogP contribution is 2.61. The van der Waals surface area contributed by atoms with Crippen LogP contribution in [0.1, 0.15) is 25.7 Å². The Labute approximate surface area is 95.0 Å². The summed E-state index contributed by atoms with van der Waals surface area (Å²) in [7, 11) is 0. The maximum Gasteiger partial charge on any atom is 0.125 e. The molecule has 3 heteroatoms. The molecule has 0 bridgehead atoms. The number of anilines is 2. The van der Waals surface area contributed by atoms with E-state index in [1.165, 1.54) is 37.8 Å². The summed E-state index contributed by atoms with van der Waals surface area (Å²) < 4.78 is 12.9. The van der Waals surface area contributed by atoms with Crippen LogP contribution in [-0.2, 0) is 0 Å². The average molecular weight is 220 g/mol. The lowest BCUT2D eigenvalue weighted by molar-refractivity contribution is 0.467. The Balaban J connectivity index is 1.66. The first-order chi connectivity index (χ1) is 7.70. The first kappa shape index (κ1) is 9.94. The molecule has 0 spiro atoms. The van der Waals surface area contributed by atoms with Gasteiger partial charge in [0, 0.05) is 6.54 Å². The third kappa shape index (κ3) is 1.75. The Morgan fingerprint density at radius 2 is 2.12 bits per heavy atom. The summed E-state index contributed by atoms with van der Waals surface area (Å²) in [6, 6.07) is 4.56. The smallest absolute Gasteiger partial charge is 0.125 e. The molecule has 0 saturated heterocycles. The van der Waals surface area contributed by atoms with E-state index in [1.54, 1.807) is 6.07 Å². The fourth-order valence-electron chi connectivity index (χ4n) is 2.55. The molecule has 86 valence electrons. The second-order valence-electron chi connectivity index (χ2n) is 5.22. The van der Waals surface area contributed by atoms with Crippen LogP contribution in [-0.4, -0.2) is 6.54 Å². The van der Waals surface area contributed by atoms with Crippen molar-refractivity contribution >= 4 is 11.4 Å². The Morgan fingerprint density at radius 1 is 1.38 bits per heavy atom. The van der Waals surface area contributed by atoms with Crippen molar-refractivity contribution in [1.29, 1.82) is 0 Å². The molecule has 2 fully saturated rings. The standard InChI is InChI=1S/C13H17FN2/c14-10-3-4-12(11(15)7-10)16-8-13(5-6-13)9-1-2-9/h3-4,7,9,16H,1-2,5-6,8,15H2. The predicted octanol–water partition coefficient (Wildman–Crippen LogP) is 3.01. The van der Waals surface area contributed by atoms with Crippen molar-refractivity contribution in [3.05, 3.63) is 24.0 Å². The third-order valence-electron chi connectivity index (χ3n) is 3.98. The fourth-order valence-corrected chi connectivity index (χ4v) is 2.55. The highest BCUT2D eigenvalue weighted by molar-refractivity contribution is 5.66. The number of nitrogens with one attached hydrogen (secondary N) is 1. The quantitative estimate of drug-likeness (QED) is 0.765. The first-order valence-electron chi connectivity index (χ1n) is 5.99. The molecule has 1 aromatic carbocycles. The lowest BCUT2D eigenvalue weighted by Gasteiger charge is -2.17. The van der Waals surface area contributed by atoms with Crippen LogP contribution >= 0.6 is 0 Å². The maximum atomic E-state index is 12.9. The van der Waals surface area contributed by atoms with Crippen LogP contribution in [0.5, 0.6) is 0 Å². The molecule has 3 N–H and O–H groups in total. The van der Waals surface area contributed by atoms with Crippen LogP contribution < -0.4 is 11.1 Å². The van der Waals surface area contributed by atoms with E-state index >= 15 is 0 Å². The van der Waals surface area contributed by atoms with Gasteiger partial charge in [-0.1, -0.05) is 0 Å². The summed E-state index contributed by atoms with van der Waals surface area (Å²) in [5.74, 6) is 0.660. The lowest BCUT2D eigenvalue weighted by atomic mass is 10.0. The minimum Gasteiger partial charge on any atom is -0.397 e. The minimum atomic E-state index is -0.272. The molecule has 16 heavy (non-hydrogen) atoms. The molecule has 3 rings (SSSR count). The number of hydrogen-bond acceptors (Lipinski definition) is 2. The van der Waals surface area contributed by atoms with Crippen molar-refractivity contribution in [1.82, 2.24) is 0 Å². The van der Waals surface area contributed by atoms with Crippen LogP contribution in [0.4, 0.5) is 15.8 Å². The number of nitrogens with two attached hydrogens (primary N) is 1. The van der Waals surface area contributed by atoms with E-state index in [2.05, 4.69) is 5.32 Å². The van der Waals surface area contributed by atoms with Crippen LogP contribution in [0.25, 0.3) is 0 Å². The van der Waals surface area contributed by atoms with Crippen LogP contribution in [0, 0.1) is 17.2 Å². The summed E-state index contributed by atoms with van der Waals surface area (Å²) in [6.45, 7) is 0.994. The Bertz CT molecular complexity index is 408. The summed E-state index contributed by atoms with van der Waals surface area (Å²) in [5, 5.41) is 3.37. The lowest BCUT2D eigenvalue weighted by Crippen LogP contribution is -2.18. The zero-order chi connectivity index (χ0) is 11.2. The first-order valence-corrected chi connectivity index (χ1v) is 5.99. The van der Waals surface area contributed by atoms with Crippen LogP contribution in [0.2, 0.25) is 0 Å². The Morgan fingerprint density at radius 3 is 2.69 bits per heavy atom. The highest BCUT2D eigenvalue weighted by atomic mass is 19.1. The molecule has 0 aliphatic heterocycles. The van der Waals surface area contributed by atoms with Crippen molar-refractivity contribution in [2.75, 3.05) is 17.6 Å². The Kier molecular flexibility index (Phi) is 2.09. The largest absolute Gasteiger partial charge is 0.397 e. The molecule has 2 nitrogen and oxygen atoms in total. The molecule has 0 heterocycles. The van der Waals surface area contributed by atoms with E-state index in [0.717, 1.165) is 18.2 Å². The topological polar surface area (TPSA) is 38.0 Å². The van der Waals surface area contributed by atoms with Gasteiger partial charge in [-0.25, -0.2) is 4.39 Å². The third-order valence-corrected chi connectivity index (χ3v) is 3.98. The molecule has 2 aliphatic rings. The fraction of sp³-hybridized carbons (Fsp3) is 0.538. The number of hydrogen-bond donors (Lipinski definition) is 2. The van der Waals surface area contributed by atoms with Gasteiger partial charge in [-0.15, -0.1) is 0 Å².